The largest absolute Gasteiger partial charge is 0.507 e. The molecular formula is C37H46NOP. The first-order valence-corrected chi connectivity index (χ1v) is 15.5. The van der Waals surface area contributed by atoms with Gasteiger partial charge < -0.3 is 5.11 Å². The van der Waals surface area contributed by atoms with Crippen LogP contribution in [0.2, 0.25) is 0 Å². The van der Waals surface area contributed by atoms with Crippen molar-refractivity contribution in [2.24, 2.45) is 0 Å². The van der Waals surface area contributed by atoms with Crippen LogP contribution in [0.1, 0.15) is 80.0 Å². The fourth-order valence-corrected chi connectivity index (χ4v) is 7.04. The van der Waals surface area contributed by atoms with Crippen LogP contribution in [-0.2, 0) is 30.2 Å². The van der Waals surface area contributed by atoms with E-state index >= 15 is 0 Å². The van der Waals surface area contributed by atoms with Crippen LogP contribution in [-0.4, -0.2) is 10.0 Å². The molecule has 0 radical (unpaired) electrons. The summed E-state index contributed by atoms with van der Waals surface area (Å²) in [6.07, 6.45) is 0.956. The number of aryl methyl sites for hydroxylation is 2. The SMILES string of the molecule is CCC(C)(Pc1c(C)cccc1CN(Cc1ccccc1)Cc1ccccc1)c1cc(C(C)(C)C)cc(C)c1O. The lowest BCUT2D eigenvalue weighted by Gasteiger charge is -2.34. The molecule has 0 aromatic heterocycles. The molecule has 2 nitrogen and oxygen atoms in total. The second-order valence-electron chi connectivity index (χ2n) is 12.5. The maximum atomic E-state index is 11.3. The van der Waals surface area contributed by atoms with Crippen LogP contribution >= 0.6 is 8.58 Å². The highest BCUT2D eigenvalue weighted by atomic mass is 31.1. The predicted molar refractivity (Wildman–Crippen MR) is 174 cm³/mol. The second-order valence-corrected chi connectivity index (χ2v) is 14.3. The maximum absolute atomic E-state index is 11.3. The van der Waals surface area contributed by atoms with Crippen LogP contribution in [0.3, 0.4) is 0 Å². The molecule has 4 aromatic rings. The van der Waals surface area contributed by atoms with Crippen molar-refractivity contribution < 1.29 is 5.11 Å². The molecule has 0 aliphatic carbocycles. The first-order chi connectivity index (χ1) is 19.0. The quantitative estimate of drug-likeness (QED) is 0.199. The summed E-state index contributed by atoms with van der Waals surface area (Å²) in [4.78, 5) is 2.55. The number of hydrogen-bond donors (Lipinski definition) is 1. The third-order valence-electron chi connectivity index (χ3n) is 8.12. The van der Waals surface area contributed by atoms with Crippen molar-refractivity contribution in [3.8, 4) is 5.75 Å². The molecule has 2 atom stereocenters. The van der Waals surface area contributed by atoms with Gasteiger partial charge in [0.05, 0.1) is 0 Å². The Morgan fingerprint density at radius 3 is 1.80 bits per heavy atom. The van der Waals surface area contributed by atoms with E-state index in [9.17, 15) is 5.11 Å². The van der Waals surface area contributed by atoms with Gasteiger partial charge in [-0.2, -0.15) is 0 Å². The number of phenolic OH excluding ortho intramolecular Hbond substituents is 1. The number of rotatable bonds is 10. The van der Waals surface area contributed by atoms with Gasteiger partial charge in [-0.05, 0) is 64.4 Å². The minimum Gasteiger partial charge on any atom is -0.507 e. The molecule has 0 amide bonds. The predicted octanol–water partition coefficient (Wildman–Crippen LogP) is 9.14. The molecule has 0 bridgehead atoms. The molecule has 1 N–H and O–H groups in total. The van der Waals surface area contributed by atoms with Crippen molar-refractivity contribution >= 4 is 13.9 Å². The zero-order valence-electron chi connectivity index (χ0n) is 25.4. The van der Waals surface area contributed by atoms with Crippen LogP contribution in [0.5, 0.6) is 5.75 Å². The Morgan fingerprint density at radius 2 is 1.27 bits per heavy atom. The normalized spacial score (nSPS) is 13.7. The molecule has 3 heteroatoms. The minimum absolute atomic E-state index is 0.0220. The average Bonchev–Trinajstić information content (AvgIpc) is 2.92. The summed E-state index contributed by atoms with van der Waals surface area (Å²) < 4.78 is 0. The summed E-state index contributed by atoms with van der Waals surface area (Å²) in [5, 5.41) is 12.6. The van der Waals surface area contributed by atoms with E-state index in [4.69, 9.17) is 0 Å². The summed E-state index contributed by atoms with van der Waals surface area (Å²) in [6, 6.07) is 32.7. The molecule has 0 saturated heterocycles. The van der Waals surface area contributed by atoms with Crippen LogP contribution in [0.25, 0.3) is 0 Å². The number of phenols is 1. The highest BCUT2D eigenvalue weighted by molar-refractivity contribution is 7.48. The number of aromatic hydroxyl groups is 1. The van der Waals surface area contributed by atoms with Crippen LogP contribution in [0.4, 0.5) is 0 Å². The number of hydrogen-bond acceptors (Lipinski definition) is 2. The van der Waals surface area contributed by atoms with Gasteiger partial charge in [0.2, 0.25) is 0 Å². The Balaban J connectivity index is 1.72. The van der Waals surface area contributed by atoms with E-state index in [1.54, 1.807) is 0 Å². The average molecular weight is 552 g/mol. The summed E-state index contributed by atoms with van der Waals surface area (Å²) in [5.41, 5.74) is 8.72. The van der Waals surface area contributed by atoms with Gasteiger partial charge in [0.25, 0.3) is 0 Å². The van der Waals surface area contributed by atoms with Gasteiger partial charge in [-0.25, -0.2) is 0 Å². The van der Waals surface area contributed by atoms with Crippen LogP contribution < -0.4 is 5.30 Å². The third-order valence-corrected chi connectivity index (χ3v) is 10.3. The van der Waals surface area contributed by atoms with Crippen molar-refractivity contribution in [3.05, 3.63) is 130 Å². The molecule has 2 unspecified atom stereocenters. The molecular weight excluding hydrogens is 505 g/mol. The lowest BCUT2D eigenvalue weighted by Crippen LogP contribution is -2.27. The van der Waals surface area contributed by atoms with Crippen LogP contribution in [0.15, 0.2) is 91.0 Å². The van der Waals surface area contributed by atoms with E-state index in [1.807, 2.05) is 6.92 Å². The Hall–Kier alpha value is -2.93. The highest BCUT2D eigenvalue weighted by Crippen LogP contribution is 2.49. The maximum Gasteiger partial charge on any atom is 0.122 e. The van der Waals surface area contributed by atoms with Crippen molar-refractivity contribution in [1.29, 1.82) is 0 Å². The van der Waals surface area contributed by atoms with E-state index in [1.165, 1.54) is 33.1 Å². The van der Waals surface area contributed by atoms with Gasteiger partial charge in [0.15, 0.2) is 0 Å². The Bertz CT molecular complexity index is 1370. The Labute approximate surface area is 244 Å². The topological polar surface area (TPSA) is 23.5 Å². The van der Waals surface area contributed by atoms with E-state index < -0.39 is 0 Å². The molecule has 0 fully saturated rings. The summed E-state index contributed by atoms with van der Waals surface area (Å²) in [7, 11) is 0.545. The van der Waals surface area contributed by atoms with E-state index in [2.05, 4.69) is 137 Å². The van der Waals surface area contributed by atoms with Gasteiger partial charge in [-0.3, -0.25) is 4.90 Å². The molecule has 0 spiro atoms. The highest BCUT2D eigenvalue weighted by Gasteiger charge is 2.32. The molecule has 0 aliphatic heterocycles. The third kappa shape index (κ3) is 7.22. The molecule has 0 heterocycles. The molecule has 4 rings (SSSR count). The zero-order valence-corrected chi connectivity index (χ0v) is 26.4. The van der Waals surface area contributed by atoms with E-state index in [0.29, 0.717) is 14.3 Å². The summed E-state index contributed by atoms with van der Waals surface area (Å²) in [5.74, 6) is 0.453. The van der Waals surface area contributed by atoms with Gasteiger partial charge >= 0.3 is 0 Å². The monoisotopic (exact) mass is 551 g/mol. The van der Waals surface area contributed by atoms with Gasteiger partial charge in [0.1, 0.15) is 5.75 Å². The van der Waals surface area contributed by atoms with Crippen molar-refractivity contribution in [1.82, 2.24) is 4.90 Å². The summed E-state index contributed by atoms with van der Waals surface area (Å²) in [6.45, 7) is 18.3. The molecule has 4 aromatic carbocycles. The standard InChI is InChI=1S/C37H46NOP/c1-8-37(7,33-23-32(36(4,5)6)22-28(3)34(33)39)40-35-27(2)16-15-21-31(35)26-38(24-29-17-11-9-12-18-29)25-30-19-13-10-14-20-30/h9-23,39-40H,8,24-26H2,1-7H3. The van der Waals surface area contributed by atoms with Gasteiger partial charge in [0, 0.05) is 30.4 Å². The molecule has 40 heavy (non-hydrogen) atoms. The number of benzene rings is 4. The Kier molecular flexibility index (Phi) is 9.55. The van der Waals surface area contributed by atoms with Gasteiger partial charge in [-0.15, -0.1) is 0 Å². The summed E-state index contributed by atoms with van der Waals surface area (Å²) >= 11 is 0. The van der Waals surface area contributed by atoms with E-state index in [-0.39, 0.29) is 10.6 Å². The van der Waals surface area contributed by atoms with E-state index in [0.717, 1.165) is 37.2 Å². The second kappa shape index (κ2) is 12.7. The van der Waals surface area contributed by atoms with Crippen LogP contribution in [0, 0.1) is 13.8 Å². The zero-order chi connectivity index (χ0) is 28.9. The Morgan fingerprint density at radius 1 is 0.700 bits per heavy atom. The van der Waals surface area contributed by atoms with Crippen molar-refractivity contribution in [3.63, 3.8) is 0 Å². The lowest BCUT2D eigenvalue weighted by molar-refractivity contribution is 0.248. The first-order valence-electron chi connectivity index (χ1n) is 14.5. The molecule has 0 aliphatic rings. The van der Waals surface area contributed by atoms with Gasteiger partial charge in [-0.1, -0.05) is 134 Å². The molecule has 0 saturated carbocycles. The van der Waals surface area contributed by atoms with Crippen molar-refractivity contribution in [2.75, 3.05) is 0 Å². The lowest BCUT2D eigenvalue weighted by atomic mass is 9.82. The first kappa shape index (κ1) is 30.0. The van der Waals surface area contributed by atoms with Crippen molar-refractivity contribution in [2.45, 2.75) is 85.1 Å². The fourth-order valence-electron chi connectivity index (χ4n) is 5.39. The fraction of sp³-hybridized carbons (Fsp3) is 0.351. The number of nitrogens with zero attached hydrogens (tertiary/aromatic N) is 1. The minimum atomic E-state index is -0.166. The molecule has 210 valence electrons. The smallest absolute Gasteiger partial charge is 0.122 e.